The van der Waals surface area contributed by atoms with Crippen molar-refractivity contribution in [3.8, 4) is 5.75 Å². The molecule has 1 fully saturated rings. The summed E-state index contributed by atoms with van der Waals surface area (Å²) in [5.41, 5.74) is 1.64. The number of carbonyl (C=O) groups excluding carboxylic acids is 1. The highest BCUT2D eigenvalue weighted by atomic mass is 35.5. The van der Waals surface area contributed by atoms with Crippen LogP contribution in [0.3, 0.4) is 0 Å². The fourth-order valence-corrected chi connectivity index (χ4v) is 5.21. The number of piperazine rings is 1. The number of unbranched alkanes of at least 4 members (excludes halogenated alkanes) is 1. The number of hydrogen-bond acceptors (Lipinski definition) is 5. The zero-order valence-corrected chi connectivity index (χ0v) is 22.5. The molecule has 4 aromatic rings. The van der Waals surface area contributed by atoms with E-state index >= 15 is 0 Å². The highest BCUT2D eigenvalue weighted by molar-refractivity contribution is 6.43. The molecule has 0 N–H and O–H groups in total. The van der Waals surface area contributed by atoms with Crippen LogP contribution >= 0.6 is 23.2 Å². The molecule has 0 aliphatic carbocycles. The Morgan fingerprint density at radius 3 is 2.39 bits per heavy atom. The molecule has 1 aliphatic heterocycles. The van der Waals surface area contributed by atoms with Crippen LogP contribution in [0, 0.1) is 0 Å². The fourth-order valence-electron chi connectivity index (χ4n) is 4.80. The van der Waals surface area contributed by atoms with Crippen molar-refractivity contribution in [2.75, 3.05) is 44.2 Å². The second-order valence-corrected chi connectivity index (χ2v) is 10.1. The highest BCUT2D eigenvalue weighted by Gasteiger charge is 2.19. The largest absolute Gasteiger partial charge is 0.494 e. The van der Waals surface area contributed by atoms with E-state index in [9.17, 15) is 9.59 Å². The second kappa shape index (κ2) is 12.0. The molecule has 38 heavy (non-hydrogen) atoms. The third kappa shape index (κ3) is 5.88. The third-order valence-corrected chi connectivity index (χ3v) is 7.68. The zero-order chi connectivity index (χ0) is 26.5. The number of nitrogens with zero attached hydrogens (tertiary/aromatic N) is 3. The predicted octanol–water partition coefficient (Wildman–Crippen LogP) is 5.98. The molecule has 0 amide bonds. The minimum Gasteiger partial charge on any atom is -0.494 e. The van der Waals surface area contributed by atoms with Gasteiger partial charge in [0.2, 0.25) is 0 Å². The maximum atomic E-state index is 13.1. The van der Waals surface area contributed by atoms with E-state index in [4.69, 9.17) is 27.9 Å². The van der Waals surface area contributed by atoms with Crippen LogP contribution in [0.5, 0.6) is 5.75 Å². The number of fused-ring (bicyclic) bond motifs is 1. The molecule has 6 nitrogen and oxygen atoms in total. The Balaban J connectivity index is 1.13. The summed E-state index contributed by atoms with van der Waals surface area (Å²) >= 11 is 12.6. The Labute approximate surface area is 231 Å². The normalized spacial score (nSPS) is 14.1. The van der Waals surface area contributed by atoms with Crippen LogP contribution in [0.15, 0.2) is 83.7 Å². The van der Waals surface area contributed by atoms with Gasteiger partial charge in [-0.2, -0.15) is 0 Å². The molecule has 0 unspecified atom stereocenters. The van der Waals surface area contributed by atoms with Gasteiger partial charge in [-0.05, 0) is 67.2 Å². The lowest BCUT2D eigenvalue weighted by Crippen LogP contribution is -2.46. The molecule has 1 saturated heterocycles. The molecule has 5 rings (SSSR count). The highest BCUT2D eigenvalue weighted by Crippen LogP contribution is 2.33. The van der Waals surface area contributed by atoms with Crippen LogP contribution in [-0.4, -0.2) is 54.7 Å². The number of aromatic nitrogens is 1. The van der Waals surface area contributed by atoms with Gasteiger partial charge in [-0.25, -0.2) is 4.57 Å². The van der Waals surface area contributed by atoms with E-state index in [-0.39, 0.29) is 11.5 Å². The van der Waals surface area contributed by atoms with E-state index in [0.717, 1.165) is 56.6 Å². The number of benzene rings is 3. The van der Waals surface area contributed by atoms with Gasteiger partial charge in [-0.15, -0.1) is 0 Å². The summed E-state index contributed by atoms with van der Waals surface area (Å²) in [5.74, 6) is 0.292. The van der Waals surface area contributed by atoms with Crippen LogP contribution in [0.1, 0.15) is 23.2 Å². The van der Waals surface area contributed by atoms with Gasteiger partial charge in [-0.3, -0.25) is 14.5 Å². The van der Waals surface area contributed by atoms with E-state index in [1.165, 1.54) is 10.6 Å². The quantitative estimate of drug-likeness (QED) is 0.253. The fraction of sp³-hybridized carbons (Fsp3) is 0.267. The van der Waals surface area contributed by atoms with E-state index in [1.807, 2.05) is 36.4 Å². The van der Waals surface area contributed by atoms with Crippen LogP contribution in [0.4, 0.5) is 5.69 Å². The molecule has 0 bridgehead atoms. The van der Waals surface area contributed by atoms with Crippen molar-refractivity contribution in [1.29, 1.82) is 0 Å². The average Bonchev–Trinajstić information content (AvgIpc) is 2.95. The van der Waals surface area contributed by atoms with Crippen molar-refractivity contribution in [2.45, 2.75) is 12.8 Å². The standard InChI is InChI=1S/C30H29Cl2N3O3/c31-25-9-6-10-26(29(25)32)34-18-16-33(17-19-34)15-4-5-20-38-24-13-11-22-12-14-28(36)35(27(22)21-24)30(37)23-7-2-1-3-8-23/h1-3,6-14,21H,4-5,15-20H2. The molecule has 8 heteroatoms. The van der Waals surface area contributed by atoms with Crippen LogP contribution in [0.2, 0.25) is 10.0 Å². The van der Waals surface area contributed by atoms with Gasteiger partial charge >= 0.3 is 0 Å². The Kier molecular flexibility index (Phi) is 8.32. The van der Waals surface area contributed by atoms with Crippen LogP contribution in [-0.2, 0) is 0 Å². The molecule has 1 aromatic heterocycles. The number of hydrogen-bond donors (Lipinski definition) is 0. The molecule has 196 valence electrons. The van der Waals surface area contributed by atoms with Gasteiger partial charge in [0.25, 0.3) is 11.5 Å². The Morgan fingerprint density at radius 1 is 0.842 bits per heavy atom. The van der Waals surface area contributed by atoms with Gasteiger partial charge < -0.3 is 9.64 Å². The van der Waals surface area contributed by atoms with Crippen molar-refractivity contribution >= 4 is 45.7 Å². The SMILES string of the molecule is O=C(c1ccccc1)n1c(=O)ccc2ccc(OCCCCN3CCN(c4cccc(Cl)c4Cl)CC3)cc21. The number of anilines is 1. The molecular formula is C30H29Cl2N3O3. The second-order valence-electron chi connectivity index (χ2n) is 9.36. The summed E-state index contributed by atoms with van der Waals surface area (Å²) in [5, 5.41) is 2.01. The first kappa shape index (κ1) is 26.3. The van der Waals surface area contributed by atoms with Crippen molar-refractivity contribution in [3.05, 3.63) is 105 Å². The van der Waals surface area contributed by atoms with Crippen LogP contribution < -0.4 is 15.2 Å². The van der Waals surface area contributed by atoms with Gasteiger partial charge in [0.05, 0.1) is 27.9 Å². The zero-order valence-electron chi connectivity index (χ0n) is 21.0. The Morgan fingerprint density at radius 2 is 1.61 bits per heavy atom. The minimum atomic E-state index is -0.360. The van der Waals surface area contributed by atoms with E-state index in [1.54, 1.807) is 36.4 Å². The summed E-state index contributed by atoms with van der Waals surface area (Å²) in [6.07, 6.45) is 1.92. The number of pyridine rings is 1. The first-order valence-corrected chi connectivity index (χ1v) is 13.6. The summed E-state index contributed by atoms with van der Waals surface area (Å²) in [7, 11) is 0. The maximum Gasteiger partial charge on any atom is 0.265 e. The van der Waals surface area contributed by atoms with Crippen molar-refractivity contribution in [1.82, 2.24) is 9.47 Å². The lowest BCUT2D eigenvalue weighted by Gasteiger charge is -2.36. The maximum absolute atomic E-state index is 13.1. The number of ether oxygens (including phenoxy) is 1. The smallest absolute Gasteiger partial charge is 0.265 e. The number of rotatable bonds is 8. The number of carbonyl (C=O) groups is 1. The predicted molar refractivity (Wildman–Crippen MR) is 154 cm³/mol. The van der Waals surface area contributed by atoms with Crippen LogP contribution in [0.25, 0.3) is 10.9 Å². The van der Waals surface area contributed by atoms with Gasteiger partial charge in [-0.1, -0.05) is 47.5 Å². The monoisotopic (exact) mass is 549 g/mol. The summed E-state index contributed by atoms with van der Waals surface area (Å²) in [4.78, 5) is 30.4. The first-order chi connectivity index (χ1) is 18.5. The summed E-state index contributed by atoms with van der Waals surface area (Å²) in [6.45, 7) is 5.34. The molecule has 0 radical (unpaired) electrons. The molecule has 3 aromatic carbocycles. The van der Waals surface area contributed by atoms with Crippen molar-refractivity contribution in [3.63, 3.8) is 0 Å². The lowest BCUT2D eigenvalue weighted by atomic mass is 10.1. The number of halogens is 2. The molecule has 1 aliphatic rings. The van der Waals surface area contributed by atoms with E-state index in [0.29, 0.717) is 33.5 Å². The summed E-state index contributed by atoms with van der Waals surface area (Å²) in [6, 6.07) is 23.3. The average molecular weight is 550 g/mol. The van der Waals surface area contributed by atoms with Gasteiger partial charge in [0.15, 0.2) is 0 Å². The molecule has 0 spiro atoms. The van der Waals surface area contributed by atoms with E-state index in [2.05, 4.69) is 9.80 Å². The molecular weight excluding hydrogens is 521 g/mol. The third-order valence-electron chi connectivity index (χ3n) is 6.87. The molecule has 2 heterocycles. The van der Waals surface area contributed by atoms with E-state index < -0.39 is 0 Å². The Bertz CT molecular complexity index is 1480. The van der Waals surface area contributed by atoms with Crippen molar-refractivity contribution < 1.29 is 9.53 Å². The molecule has 0 saturated carbocycles. The van der Waals surface area contributed by atoms with Gasteiger partial charge in [0, 0.05) is 43.9 Å². The lowest BCUT2D eigenvalue weighted by molar-refractivity contribution is 0.0961. The van der Waals surface area contributed by atoms with Crippen molar-refractivity contribution in [2.24, 2.45) is 0 Å². The Hall–Kier alpha value is -3.32. The molecule has 0 atom stereocenters. The minimum absolute atomic E-state index is 0.351. The first-order valence-electron chi connectivity index (χ1n) is 12.8. The summed E-state index contributed by atoms with van der Waals surface area (Å²) < 4.78 is 7.22. The van der Waals surface area contributed by atoms with Gasteiger partial charge in [0.1, 0.15) is 5.75 Å². The topological polar surface area (TPSA) is 54.8 Å².